The first kappa shape index (κ1) is 34.1. The van der Waals surface area contributed by atoms with Gasteiger partial charge in [0, 0.05) is 12.5 Å². The Hall–Kier alpha value is -4.19. The van der Waals surface area contributed by atoms with Crippen molar-refractivity contribution < 1.29 is 33.4 Å². The minimum absolute atomic E-state index is 0.266. The fourth-order valence-corrected chi connectivity index (χ4v) is 7.87. The lowest BCUT2D eigenvalue weighted by Gasteiger charge is -2.52. The lowest BCUT2D eigenvalue weighted by atomic mass is 9.70. The molecule has 0 radical (unpaired) electrons. The average Bonchev–Trinajstić information content (AvgIpc) is 3.28. The Bertz CT molecular complexity index is 1610. The number of hydrogen-bond donors (Lipinski definition) is 1. The zero-order valence-electron chi connectivity index (χ0n) is 27.4. The number of carbonyl (C=O) groups is 4. The Labute approximate surface area is 281 Å². The Balaban J connectivity index is 1.53. The summed E-state index contributed by atoms with van der Waals surface area (Å²) in [5.41, 5.74) is 1.18. The quantitative estimate of drug-likeness (QED) is 0.0467. The summed E-state index contributed by atoms with van der Waals surface area (Å²) < 4.78 is 13.3. The van der Waals surface area contributed by atoms with Gasteiger partial charge in [-0.05, 0) is 60.6 Å². The molecule has 0 aliphatic carbocycles. The van der Waals surface area contributed by atoms with E-state index in [0.29, 0.717) is 17.7 Å². The number of likely N-dealkylation sites (tertiary alicyclic amines) is 1. The zero-order valence-corrected chi connectivity index (χ0v) is 29.3. The number of aliphatic hydroxyl groups is 1. The summed E-state index contributed by atoms with van der Waals surface area (Å²) in [4.78, 5) is 56.5. The number of β-lactam (4-membered cyclic amide) rings is 1. The van der Waals surface area contributed by atoms with Crippen LogP contribution in [0.1, 0.15) is 65.6 Å². The maximum absolute atomic E-state index is 14.3. The van der Waals surface area contributed by atoms with Gasteiger partial charge in [0.15, 0.2) is 20.8 Å². The van der Waals surface area contributed by atoms with Gasteiger partial charge in [-0.2, -0.15) is 0 Å². The number of imide groups is 1. The molecule has 0 aromatic heterocycles. The van der Waals surface area contributed by atoms with Gasteiger partial charge in [0.25, 0.3) is 11.8 Å². The van der Waals surface area contributed by atoms with Crippen molar-refractivity contribution in [3.05, 3.63) is 119 Å². The number of hydrogen-bond acceptors (Lipinski definition) is 8. The molecule has 3 aromatic rings. The predicted octanol–water partition coefficient (Wildman–Crippen LogP) is 6.50. The summed E-state index contributed by atoms with van der Waals surface area (Å²) in [6.45, 7) is 11.7. The van der Waals surface area contributed by atoms with Crippen LogP contribution in [0.2, 0.25) is 13.1 Å². The molecule has 2 aliphatic heterocycles. The van der Waals surface area contributed by atoms with Crippen LogP contribution in [0, 0.1) is 17.3 Å². The maximum atomic E-state index is 14.3. The zero-order chi connectivity index (χ0) is 34.0. The van der Waals surface area contributed by atoms with E-state index >= 15 is 0 Å². The van der Waals surface area contributed by atoms with Crippen molar-refractivity contribution in [3.63, 3.8) is 0 Å². The van der Waals surface area contributed by atoms with Crippen molar-refractivity contribution in [3.8, 4) is 0 Å². The average molecular weight is 673 g/mol. The largest absolute Gasteiger partial charge is 0.510 e. The molecule has 1 N–H and O–H groups in total. The van der Waals surface area contributed by atoms with E-state index in [1.165, 1.54) is 11.8 Å². The minimum Gasteiger partial charge on any atom is -0.510 e. The summed E-state index contributed by atoms with van der Waals surface area (Å²) in [6, 6.07) is 24.9. The molecule has 11 heteroatoms. The smallest absolute Gasteiger partial charge is 0.359 e. The second-order valence-electron chi connectivity index (χ2n) is 13.1. The fraction of sp³-hybridized carbons (Fsp3) is 0.333. The van der Waals surface area contributed by atoms with Crippen molar-refractivity contribution >= 4 is 44.7 Å². The van der Waals surface area contributed by atoms with Gasteiger partial charge in [0.2, 0.25) is 5.91 Å². The third-order valence-corrected chi connectivity index (χ3v) is 10.5. The monoisotopic (exact) mass is 672 g/mol. The number of benzene rings is 3. The number of allylic oxidation sites excluding steroid dienone is 1. The summed E-state index contributed by atoms with van der Waals surface area (Å²) in [6.07, 6.45) is -0.833. The number of esters is 1. The molecular weight excluding hydrogens is 633 g/mol. The molecule has 0 saturated carbocycles. The van der Waals surface area contributed by atoms with Crippen LogP contribution >= 0.6 is 11.9 Å². The molecule has 9 nitrogen and oxygen atoms in total. The Kier molecular flexibility index (Phi) is 10.1. The topological polar surface area (TPSA) is 113 Å². The minimum atomic E-state index is -1.48. The lowest BCUT2D eigenvalue weighted by Crippen LogP contribution is -2.65. The van der Waals surface area contributed by atoms with Crippen molar-refractivity contribution in [2.45, 2.75) is 52.3 Å². The van der Waals surface area contributed by atoms with E-state index in [4.69, 9.17) is 9.16 Å². The summed E-state index contributed by atoms with van der Waals surface area (Å²) >= 11 is 0.882. The van der Waals surface area contributed by atoms with Gasteiger partial charge in [-0.25, -0.2) is 9.10 Å². The first-order chi connectivity index (χ1) is 22.3. The molecule has 5 rings (SSSR count). The second-order valence-corrected chi connectivity index (χ2v) is 16.6. The van der Waals surface area contributed by atoms with Crippen molar-refractivity contribution in [1.29, 1.82) is 0 Å². The van der Waals surface area contributed by atoms with E-state index < -0.39 is 61.3 Å². The maximum Gasteiger partial charge on any atom is 0.359 e. The Morgan fingerprint density at radius 3 is 1.81 bits per heavy atom. The molecular formula is C36H40N2O7SSi. The number of amides is 3. The summed E-state index contributed by atoms with van der Waals surface area (Å²) in [7, 11) is -1.48. The predicted molar refractivity (Wildman–Crippen MR) is 183 cm³/mol. The van der Waals surface area contributed by atoms with Gasteiger partial charge in [-0.15, -0.1) is 0 Å². The third kappa shape index (κ3) is 6.93. The molecule has 1 fully saturated rings. The van der Waals surface area contributed by atoms with E-state index in [1.54, 1.807) is 24.3 Å². The number of ether oxygens (including phenoxy) is 1. The highest BCUT2D eigenvalue weighted by Gasteiger charge is 2.59. The fourth-order valence-electron chi connectivity index (χ4n) is 5.93. The molecule has 0 bridgehead atoms. The number of aliphatic hydroxyl groups excluding tert-OH is 1. The van der Waals surface area contributed by atoms with Crippen LogP contribution < -0.4 is 0 Å². The number of carbonyl (C=O) groups excluding carboxylic acids is 4. The second kappa shape index (κ2) is 13.9. The lowest BCUT2D eigenvalue weighted by molar-refractivity contribution is -0.161. The van der Waals surface area contributed by atoms with Crippen LogP contribution in [0.4, 0.5) is 0 Å². The molecule has 1 saturated heterocycles. The highest BCUT2D eigenvalue weighted by Crippen LogP contribution is 2.50. The van der Waals surface area contributed by atoms with Gasteiger partial charge < -0.3 is 14.3 Å². The first-order valence-corrected chi connectivity index (χ1v) is 19.2. The highest BCUT2D eigenvalue weighted by molar-refractivity contribution is 7.98. The van der Waals surface area contributed by atoms with E-state index in [1.807, 2.05) is 94.5 Å². The van der Waals surface area contributed by atoms with Crippen LogP contribution in [0.25, 0.3) is 0 Å². The number of rotatable bonds is 11. The van der Waals surface area contributed by atoms with Gasteiger partial charge in [-0.1, -0.05) is 93.6 Å². The molecule has 3 atom stereocenters. The van der Waals surface area contributed by atoms with E-state index in [0.717, 1.165) is 16.3 Å². The van der Waals surface area contributed by atoms with Crippen LogP contribution in [0.15, 0.2) is 96.4 Å². The van der Waals surface area contributed by atoms with E-state index in [9.17, 15) is 24.3 Å². The van der Waals surface area contributed by atoms with Gasteiger partial charge >= 0.3 is 5.97 Å². The molecule has 3 amide bonds. The molecule has 2 heterocycles. The SMILES string of the molecule is CC(O)=C(C(=O)OC(c1ccccc1)c1ccccc1)N1C(=O)[C@H]([C@@H](CO[SiH](C)C)C(C)(C)C)[C@H]1SN1C(=O)c2ccccc2C1=O. The molecule has 47 heavy (non-hydrogen) atoms. The highest BCUT2D eigenvalue weighted by atomic mass is 32.2. The molecule has 0 spiro atoms. The van der Waals surface area contributed by atoms with Crippen LogP contribution in [-0.4, -0.2) is 59.0 Å². The van der Waals surface area contributed by atoms with Crippen molar-refractivity contribution in [2.24, 2.45) is 17.3 Å². The van der Waals surface area contributed by atoms with Crippen LogP contribution in [0.5, 0.6) is 0 Å². The number of fused-ring (bicyclic) bond motifs is 1. The van der Waals surface area contributed by atoms with Gasteiger partial charge in [0.1, 0.15) is 11.1 Å². The molecule has 3 aromatic carbocycles. The normalized spacial score (nSPS) is 19.1. The first-order valence-electron chi connectivity index (χ1n) is 15.6. The number of nitrogens with zero attached hydrogens (tertiary/aromatic N) is 2. The Morgan fingerprint density at radius 2 is 1.36 bits per heavy atom. The molecule has 2 aliphatic rings. The molecule has 246 valence electrons. The van der Waals surface area contributed by atoms with Crippen molar-refractivity contribution in [2.75, 3.05) is 6.61 Å². The van der Waals surface area contributed by atoms with Gasteiger partial charge in [-0.3, -0.25) is 19.3 Å². The van der Waals surface area contributed by atoms with E-state index in [-0.39, 0.29) is 22.7 Å². The summed E-state index contributed by atoms with van der Waals surface area (Å²) in [5, 5.41) is 10.1. The van der Waals surface area contributed by atoms with Crippen LogP contribution in [-0.2, 0) is 18.8 Å². The molecule has 0 unspecified atom stereocenters. The standard InChI is InChI=1S/C36H40N2O7SSi/c1-22(39)29(35(43)45-30(23-15-9-7-10-16-23)24-17-11-8-12-18-24)37-33(42)28(27(36(2,3)4)21-44-47(5)6)34(37)46-38-31(40)25-19-13-14-20-26(25)32(38)41/h7-20,27-28,30,34,39,47H,21H2,1-6H3/t27-,28+,34-/m1/s1. The summed E-state index contributed by atoms with van der Waals surface area (Å²) in [5.74, 6) is -3.84. The third-order valence-electron chi connectivity index (χ3n) is 8.42. The van der Waals surface area contributed by atoms with Crippen LogP contribution in [0.3, 0.4) is 0 Å². The van der Waals surface area contributed by atoms with Crippen molar-refractivity contribution in [1.82, 2.24) is 9.21 Å². The Morgan fingerprint density at radius 1 is 0.872 bits per heavy atom. The van der Waals surface area contributed by atoms with E-state index in [2.05, 4.69) is 0 Å². The van der Waals surface area contributed by atoms with Gasteiger partial charge in [0.05, 0.1) is 17.0 Å².